The van der Waals surface area contributed by atoms with Gasteiger partial charge >= 0.3 is 15.6 Å². The van der Waals surface area contributed by atoms with Gasteiger partial charge in [0.2, 0.25) is 0 Å². The zero-order chi connectivity index (χ0) is 34.8. The minimum Gasteiger partial charge on any atom is -0.403 e. The molecule has 0 saturated heterocycles. The van der Waals surface area contributed by atoms with Crippen LogP contribution in [-0.2, 0) is 19.3 Å². The first kappa shape index (κ1) is 29.6. The second kappa shape index (κ2) is 9.09. The van der Waals surface area contributed by atoms with Crippen LogP contribution in [-0.4, -0.2) is 19.6 Å². The Morgan fingerprint density at radius 1 is 0.500 bits per heavy atom. The van der Waals surface area contributed by atoms with E-state index >= 15 is 0 Å². The summed E-state index contributed by atoms with van der Waals surface area (Å²) in [5.41, 5.74) is 16.2. The maximum atomic E-state index is 13.0. The van der Waals surface area contributed by atoms with Crippen molar-refractivity contribution in [3.63, 3.8) is 0 Å². The summed E-state index contributed by atoms with van der Waals surface area (Å²) in [7, 11) is -10.2. The Morgan fingerprint density at radius 2 is 0.942 bits per heavy atom. The van der Waals surface area contributed by atoms with Crippen LogP contribution >= 0.6 is 15.6 Å². The summed E-state index contributed by atoms with van der Waals surface area (Å²) in [4.78, 5) is 41.7. The predicted octanol–water partition coefficient (Wildman–Crippen LogP) is 8.30. The number of fused-ring (bicyclic) bond motifs is 32. The first-order valence-corrected chi connectivity index (χ1v) is 21.3. The van der Waals surface area contributed by atoms with E-state index in [0.717, 1.165) is 47.1 Å². The molecule has 8 unspecified atom stereocenters. The lowest BCUT2D eigenvalue weighted by atomic mass is 9.74. The van der Waals surface area contributed by atoms with E-state index in [1.54, 1.807) is 0 Å². The molecule has 10 heteroatoms. The van der Waals surface area contributed by atoms with E-state index in [2.05, 4.69) is 66.7 Å². The molecule has 5 aromatic rings. The van der Waals surface area contributed by atoms with E-state index < -0.39 is 21.2 Å². The molecule has 0 heterocycles. The third-order valence-corrected chi connectivity index (χ3v) is 15.3. The maximum Gasteiger partial charge on any atom is 0.524 e. The van der Waals surface area contributed by atoms with Gasteiger partial charge in [0.05, 0.1) is 0 Å². The quantitative estimate of drug-likeness (QED) is 0.136. The highest BCUT2D eigenvalue weighted by Crippen LogP contribution is 2.73. The Labute approximate surface area is 298 Å². The van der Waals surface area contributed by atoms with Gasteiger partial charge in [-0.1, -0.05) is 78.9 Å². The van der Waals surface area contributed by atoms with Gasteiger partial charge in [-0.3, -0.25) is 14.3 Å². The maximum absolute atomic E-state index is 13.0. The van der Waals surface area contributed by atoms with Crippen LogP contribution in [0.4, 0.5) is 0 Å². The van der Waals surface area contributed by atoms with Gasteiger partial charge in [-0.25, -0.2) is 9.13 Å². The van der Waals surface area contributed by atoms with E-state index in [9.17, 15) is 28.7 Å². The normalized spacial score (nSPS) is 30.5. The van der Waals surface area contributed by atoms with Gasteiger partial charge in [-0.05, 0) is 104 Å². The monoisotopic (exact) mass is 726 g/mol. The highest BCUT2D eigenvalue weighted by Gasteiger charge is 2.62. The molecule has 4 N–H and O–H groups in total. The summed E-state index contributed by atoms with van der Waals surface area (Å²) in [6.07, 6.45) is 3.08. The largest absolute Gasteiger partial charge is 0.524 e. The second-order valence-electron chi connectivity index (χ2n) is 16.4. The number of phosphoric ester groups is 2. The number of phosphoric acid groups is 2. The van der Waals surface area contributed by atoms with Crippen LogP contribution < -0.4 is 4.52 Å². The Kier molecular flexibility index (Phi) is 5.17. The lowest BCUT2D eigenvalue weighted by Gasteiger charge is -2.36. The molecule has 52 heavy (non-hydrogen) atoms. The Hall–Kier alpha value is -3.84. The molecular weight excluding hydrogens is 694 g/mol. The van der Waals surface area contributed by atoms with Gasteiger partial charge in [-0.15, -0.1) is 0 Å². The third kappa shape index (κ3) is 3.41. The molecule has 0 aromatic heterocycles. The van der Waals surface area contributed by atoms with Crippen LogP contribution in [0.5, 0.6) is 5.75 Å². The molecule has 0 radical (unpaired) electrons. The smallest absolute Gasteiger partial charge is 0.403 e. The van der Waals surface area contributed by atoms with Crippen LogP contribution in [0.25, 0.3) is 0 Å². The standard InChI is InChI=1S/C42H32O8P2/c43-51(44,45)49-41-39-34-14-24(20-7-3-4-8-21(20)34)35(39)15-36-37-17-42(40(36)41,50-52(46,47)48)38-16-32-30-12-29(31(32)13-33(37)38)27-10-25-22-9-23(26(25)11-28(27)30)19-6-2-1-5-18(19)22/h1-8,10-11,13,15-16,22-24,29-30,34,37H,9,12,14,17H2,(H2,43,44,45)(H2,46,47,48). The molecule has 0 aliphatic heterocycles. The summed E-state index contributed by atoms with van der Waals surface area (Å²) >= 11 is 0. The van der Waals surface area contributed by atoms with Crippen molar-refractivity contribution >= 4 is 15.6 Å². The van der Waals surface area contributed by atoms with E-state index in [4.69, 9.17) is 9.05 Å². The molecule has 8 aliphatic rings. The zero-order valence-corrected chi connectivity index (χ0v) is 29.5. The van der Waals surface area contributed by atoms with Crippen molar-refractivity contribution in [2.75, 3.05) is 0 Å². The topological polar surface area (TPSA) is 134 Å². The van der Waals surface area contributed by atoms with Crippen molar-refractivity contribution in [2.24, 2.45) is 0 Å². The van der Waals surface area contributed by atoms with Gasteiger partial charge in [-0.2, -0.15) is 0 Å². The van der Waals surface area contributed by atoms with Crippen LogP contribution in [0.1, 0.15) is 156 Å². The van der Waals surface area contributed by atoms with E-state index in [0.29, 0.717) is 28.5 Å². The average Bonchev–Trinajstić information content (AvgIpc) is 3.97. The van der Waals surface area contributed by atoms with Crippen molar-refractivity contribution < 1.29 is 37.8 Å². The molecule has 8 nitrogen and oxygen atoms in total. The molecular formula is C42H32O8P2. The van der Waals surface area contributed by atoms with Crippen molar-refractivity contribution in [3.8, 4) is 5.75 Å². The highest BCUT2D eigenvalue weighted by atomic mass is 31.2. The SMILES string of the molecule is O=P(O)(O)Oc1c2c(cc3c1C1(OP(=O)(O)O)CC3c3cc4c(cc31)C1CC4c3cc4c(cc31)C1CC4c3ccccc31)C1CC2c2ccccc21. The lowest BCUT2D eigenvalue weighted by Crippen LogP contribution is -2.29. The van der Waals surface area contributed by atoms with Crippen LogP contribution in [0.15, 0.2) is 78.9 Å². The van der Waals surface area contributed by atoms with Gasteiger partial charge in [0.15, 0.2) is 0 Å². The van der Waals surface area contributed by atoms with Crippen molar-refractivity contribution in [2.45, 2.75) is 72.7 Å². The second-order valence-corrected chi connectivity index (χ2v) is 18.7. The molecule has 0 saturated carbocycles. The minimum atomic E-state index is -5.12. The van der Waals surface area contributed by atoms with Gasteiger partial charge in [0.25, 0.3) is 0 Å². The molecule has 13 rings (SSSR count). The lowest BCUT2D eigenvalue weighted by molar-refractivity contribution is 0.0706. The van der Waals surface area contributed by atoms with Gasteiger partial charge in [0.1, 0.15) is 11.4 Å². The van der Waals surface area contributed by atoms with Crippen molar-refractivity contribution in [1.82, 2.24) is 0 Å². The Balaban J connectivity index is 1.00. The zero-order valence-electron chi connectivity index (χ0n) is 27.7. The Bertz CT molecular complexity index is 2670. The molecule has 8 atom stereocenters. The minimum absolute atomic E-state index is 0.0303. The van der Waals surface area contributed by atoms with Crippen molar-refractivity contribution in [3.05, 3.63) is 168 Å². The summed E-state index contributed by atoms with van der Waals surface area (Å²) in [6.45, 7) is 0. The fourth-order valence-electron chi connectivity index (χ4n) is 12.9. The van der Waals surface area contributed by atoms with Gasteiger partial charge < -0.3 is 14.3 Å². The van der Waals surface area contributed by atoms with Crippen LogP contribution in [0.3, 0.4) is 0 Å². The first-order valence-electron chi connectivity index (χ1n) is 18.2. The summed E-state index contributed by atoms with van der Waals surface area (Å²) < 4.78 is 37.3. The molecule has 5 aromatic carbocycles. The number of hydrogen-bond acceptors (Lipinski definition) is 4. The van der Waals surface area contributed by atoms with E-state index in [1.165, 1.54) is 44.5 Å². The Morgan fingerprint density at radius 3 is 1.48 bits per heavy atom. The fraction of sp³-hybridized carbons (Fsp3) is 0.286. The molecule has 0 spiro atoms. The number of benzene rings is 5. The van der Waals surface area contributed by atoms with E-state index in [-0.39, 0.29) is 41.8 Å². The first-order chi connectivity index (χ1) is 25.0. The molecule has 0 amide bonds. The van der Waals surface area contributed by atoms with Crippen LogP contribution in [0.2, 0.25) is 0 Å². The fourth-order valence-corrected chi connectivity index (χ4v) is 14.0. The third-order valence-electron chi connectivity index (χ3n) is 14.4. The molecule has 258 valence electrons. The van der Waals surface area contributed by atoms with Crippen molar-refractivity contribution in [1.29, 1.82) is 0 Å². The number of rotatable bonds is 4. The van der Waals surface area contributed by atoms with Gasteiger partial charge in [0, 0.05) is 52.6 Å². The highest BCUT2D eigenvalue weighted by molar-refractivity contribution is 7.46. The summed E-state index contributed by atoms with van der Waals surface area (Å²) in [5, 5.41) is 0. The average molecular weight is 727 g/mol. The predicted molar refractivity (Wildman–Crippen MR) is 190 cm³/mol. The molecule has 8 aliphatic carbocycles. The summed E-state index contributed by atoms with van der Waals surface area (Å²) in [6, 6.07) is 28.5. The summed E-state index contributed by atoms with van der Waals surface area (Å²) in [5.74, 6) is 0.934. The van der Waals surface area contributed by atoms with E-state index in [1.807, 2.05) is 12.1 Å². The van der Waals surface area contributed by atoms with Crippen LogP contribution in [0, 0.1) is 0 Å². The molecule has 0 fully saturated rings. The molecule has 8 bridgehead atoms. The number of hydrogen-bond donors (Lipinski definition) is 4.